The van der Waals surface area contributed by atoms with Gasteiger partial charge >= 0.3 is 6.18 Å². The first-order valence-electron chi connectivity index (χ1n) is 10.8. The number of nitrogens with one attached hydrogen (secondary N) is 2. The van der Waals surface area contributed by atoms with Gasteiger partial charge in [-0.1, -0.05) is 29.9 Å². The molecule has 9 nitrogen and oxygen atoms in total. The van der Waals surface area contributed by atoms with Gasteiger partial charge in [0.15, 0.2) is 0 Å². The Balaban J connectivity index is 2.22. The van der Waals surface area contributed by atoms with Crippen molar-refractivity contribution in [1.82, 2.24) is 15.6 Å². The van der Waals surface area contributed by atoms with Gasteiger partial charge in [0.2, 0.25) is 23.3 Å². The number of Topliss-reactive ketones (excluding diaryl/α,β-unsaturated/α-hetero) is 1. The SMILES string of the molecule is CC(O)CC[C@H](NC(=O)c1cnc(-c2cccc(F)c2Cl)o1)C(=O)N[C@@H](CCC(F)(F)F)C(=O)C(N)=S. The number of aliphatic hydroxyl groups excluding tert-OH is 1. The van der Waals surface area contributed by atoms with Crippen LogP contribution in [0.25, 0.3) is 11.5 Å². The van der Waals surface area contributed by atoms with Crippen LogP contribution in [0.15, 0.2) is 28.8 Å². The number of benzene rings is 1. The second-order valence-corrected chi connectivity index (χ2v) is 8.84. The minimum absolute atomic E-state index is 0.00931. The second kappa shape index (κ2) is 12.9. The van der Waals surface area contributed by atoms with Gasteiger partial charge in [-0.15, -0.1) is 0 Å². The quantitative estimate of drug-likeness (QED) is 0.226. The molecule has 0 aliphatic rings. The predicted molar refractivity (Wildman–Crippen MR) is 128 cm³/mol. The zero-order chi connectivity index (χ0) is 27.9. The summed E-state index contributed by atoms with van der Waals surface area (Å²) in [7, 11) is 0. The molecule has 3 atom stereocenters. The number of nitrogens with two attached hydrogens (primary N) is 1. The van der Waals surface area contributed by atoms with Gasteiger partial charge in [-0.3, -0.25) is 14.4 Å². The van der Waals surface area contributed by atoms with Crippen molar-refractivity contribution in [3.63, 3.8) is 0 Å². The molecule has 0 radical (unpaired) electrons. The van der Waals surface area contributed by atoms with Crippen molar-refractivity contribution in [3.8, 4) is 11.5 Å². The lowest BCUT2D eigenvalue weighted by Crippen LogP contribution is -2.53. The summed E-state index contributed by atoms with van der Waals surface area (Å²) in [5.74, 6) is -4.38. The smallest absolute Gasteiger partial charge is 0.389 e. The molecular weight excluding hydrogens is 544 g/mol. The van der Waals surface area contributed by atoms with Crippen molar-refractivity contribution in [3.05, 3.63) is 41.0 Å². The van der Waals surface area contributed by atoms with Gasteiger partial charge < -0.3 is 25.9 Å². The Morgan fingerprint density at radius 3 is 2.46 bits per heavy atom. The molecule has 2 amide bonds. The van der Waals surface area contributed by atoms with Gasteiger partial charge in [0.05, 0.1) is 28.9 Å². The average Bonchev–Trinajstić information content (AvgIpc) is 3.29. The fraction of sp³-hybridized carbons (Fsp3) is 0.409. The number of hydrogen-bond acceptors (Lipinski definition) is 7. The van der Waals surface area contributed by atoms with E-state index in [1.165, 1.54) is 19.1 Å². The number of aromatic nitrogens is 1. The standard InChI is InChI=1S/C22H23ClF4N4O5S/c1-10(32)5-6-14(19(34)30-13(17(33)18(28)37)7-8-22(25,26)27)31-20(35)15-9-29-21(36-15)11-3-2-4-12(24)16(11)23/h2-4,9-10,13-14,32H,5-8H2,1H3,(H2,28,37)(H,30,34)(H,31,35)/t10?,13-,14-/m0/s1. The van der Waals surface area contributed by atoms with Crippen molar-refractivity contribution in [2.24, 2.45) is 5.73 Å². The number of alkyl halides is 3. The molecule has 1 heterocycles. The number of aliphatic hydroxyl groups is 1. The molecule has 0 aliphatic carbocycles. The molecule has 2 rings (SSSR count). The summed E-state index contributed by atoms with van der Waals surface area (Å²) in [6.45, 7) is 1.42. The number of rotatable bonds is 12. The number of thiocarbonyl (C=S) groups is 1. The lowest BCUT2D eigenvalue weighted by Gasteiger charge is -2.23. The van der Waals surface area contributed by atoms with Crippen molar-refractivity contribution in [1.29, 1.82) is 0 Å². The summed E-state index contributed by atoms with van der Waals surface area (Å²) in [5.41, 5.74) is 5.31. The highest BCUT2D eigenvalue weighted by Crippen LogP contribution is 2.29. The molecular formula is C22H23ClF4N4O5S. The summed E-state index contributed by atoms with van der Waals surface area (Å²) in [6.07, 6.45) is -6.89. The fourth-order valence-electron chi connectivity index (χ4n) is 3.10. The Bertz CT molecular complexity index is 1160. The Morgan fingerprint density at radius 1 is 1.19 bits per heavy atom. The van der Waals surface area contributed by atoms with Crippen molar-refractivity contribution in [2.75, 3.05) is 0 Å². The highest BCUT2D eigenvalue weighted by atomic mass is 35.5. The number of amides is 2. The lowest BCUT2D eigenvalue weighted by atomic mass is 10.0. The first-order chi connectivity index (χ1) is 17.2. The fourth-order valence-corrected chi connectivity index (χ4v) is 3.45. The van der Waals surface area contributed by atoms with E-state index in [9.17, 15) is 37.1 Å². The molecule has 0 saturated carbocycles. The lowest BCUT2D eigenvalue weighted by molar-refractivity contribution is -0.140. The van der Waals surface area contributed by atoms with Gasteiger partial charge in [-0.2, -0.15) is 13.2 Å². The highest BCUT2D eigenvalue weighted by molar-refractivity contribution is 7.82. The number of nitrogens with zero attached hydrogens (tertiary/aromatic N) is 1. The van der Waals surface area contributed by atoms with E-state index < -0.39 is 71.4 Å². The highest BCUT2D eigenvalue weighted by Gasteiger charge is 2.33. The van der Waals surface area contributed by atoms with E-state index in [0.717, 1.165) is 12.3 Å². The number of oxazole rings is 1. The molecule has 1 aromatic heterocycles. The van der Waals surface area contributed by atoms with Gasteiger partial charge in [0.25, 0.3) is 5.91 Å². The Hall–Kier alpha value is -3.10. The first-order valence-corrected chi connectivity index (χ1v) is 11.6. The molecule has 0 bridgehead atoms. The number of hydrogen-bond donors (Lipinski definition) is 4. The molecule has 0 aliphatic heterocycles. The summed E-state index contributed by atoms with van der Waals surface area (Å²) in [4.78, 5) is 40.9. The third-order valence-corrected chi connectivity index (χ3v) is 5.58. The topological polar surface area (TPSA) is 148 Å². The Kier molecular flexibility index (Phi) is 10.5. The van der Waals surface area contributed by atoms with Crippen LogP contribution in [-0.4, -0.2) is 57.0 Å². The second-order valence-electron chi connectivity index (χ2n) is 8.03. The number of halogens is 5. The van der Waals surface area contributed by atoms with Crippen molar-refractivity contribution < 1.29 is 41.5 Å². The third kappa shape index (κ3) is 9.05. The van der Waals surface area contributed by atoms with Crippen LogP contribution in [0, 0.1) is 5.82 Å². The van der Waals surface area contributed by atoms with Gasteiger partial charge in [0.1, 0.15) is 16.8 Å². The summed E-state index contributed by atoms with van der Waals surface area (Å²) in [5, 5.41) is 13.8. The van der Waals surface area contributed by atoms with E-state index >= 15 is 0 Å². The summed E-state index contributed by atoms with van der Waals surface area (Å²) >= 11 is 10.4. The number of ketones is 1. The number of carbonyl (C=O) groups excluding carboxylic acids is 3. The summed E-state index contributed by atoms with van der Waals surface area (Å²) < 4.78 is 57.2. The first kappa shape index (κ1) is 30.1. The van der Waals surface area contributed by atoms with Crippen LogP contribution in [0.1, 0.15) is 43.2 Å². The molecule has 1 aromatic carbocycles. The van der Waals surface area contributed by atoms with Crippen molar-refractivity contribution >= 4 is 46.4 Å². The Labute approximate surface area is 218 Å². The largest absolute Gasteiger partial charge is 0.431 e. The van der Waals surface area contributed by atoms with Crippen LogP contribution in [0.4, 0.5) is 17.6 Å². The van der Waals surface area contributed by atoms with Crippen LogP contribution in [-0.2, 0) is 9.59 Å². The normalized spacial score (nSPS) is 13.9. The Morgan fingerprint density at radius 2 is 1.86 bits per heavy atom. The van der Waals surface area contributed by atoms with Crippen LogP contribution in [0.3, 0.4) is 0 Å². The molecule has 0 spiro atoms. The maximum Gasteiger partial charge on any atom is 0.389 e. The van der Waals surface area contributed by atoms with Gasteiger partial charge in [-0.05, 0) is 38.3 Å². The molecule has 202 valence electrons. The van der Waals surface area contributed by atoms with E-state index in [1.54, 1.807) is 0 Å². The van der Waals surface area contributed by atoms with Crippen LogP contribution >= 0.6 is 23.8 Å². The van der Waals surface area contributed by atoms with E-state index in [0.29, 0.717) is 0 Å². The van der Waals surface area contributed by atoms with Gasteiger partial charge in [0, 0.05) is 6.42 Å². The number of carbonyl (C=O) groups is 3. The molecule has 1 unspecified atom stereocenters. The van der Waals surface area contributed by atoms with Crippen molar-refractivity contribution in [2.45, 2.75) is 57.0 Å². The molecule has 5 N–H and O–H groups in total. The molecule has 0 saturated heterocycles. The predicted octanol–water partition coefficient (Wildman–Crippen LogP) is 3.08. The minimum atomic E-state index is -4.62. The minimum Gasteiger partial charge on any atom is -0.431 e. The average molecular weight is 567 g/mol. The monoisotopic (exact) mass is 566 g/mol. The van der Waals surface area contributed by atoms with E-state index in [4.69, 9.17) is 21.8 Å². The molecule has 0 fully saturated rings. The van der Waals surface area contributed by atoms with Gasteiger partial charge in [-0.25, -0.2) is 9.37 Å². The van der Waals surface area contributed by atoms with Crippen LogP contribution in [0.5, 0.6) is 0 Å². The molecule has 2 aromatic rings. The molecule has 37 heavy (non-hydrogen) atoms. The van der Waals surface area contributed by atoms with Crippen LogP contribution in [0.2, 0.25) is 5.02 Å². The molecule has 15 heteroatoms. The summed E-state index contributed by atoms with van der Waals surface area (Å²) in [6, 6.07) is 0.765. The third-order valence-electron chi connectivity index (χ3n) is 5.00. The van der Waals surface area contributed by atoms with E-state index in [2.05, 4.69) is 27.8 Å². The maximum absolute atomic E-state index is 13.7. The van der Waals surface area contributed by atoms with Crippen LogP contribution < -0.4 is 16.4 Å². The van der Waals surface area contributed by atoms with E-state index in [1.807, 2.05) is 0 Å². The van der Waals surface area contributed by atoms with E-state index in [-0.39, 0.29) is 29.3 Å². The zero-order valence-electron chi connectivity index (χ0n) is 19.3. The maximum atomic E-state index is 13.7. The zero-order valence-corrected chi connectivity index (χ0v) is 20.8.